The predicted molar refractivity (Wildman–Crippen MR) is 116 cm³/mol. The van der Waals surface area contributed by atoms with Crippen LogP contribution in [0.3, 0.4) is 0 Å². The van der Waals surface area contributed by atoms with E-state index in [0.29, 0.717) is 11.3 Å². The maximum absolute atomic E-state index is 13.2. The molecule has 148 valence electrons. The Bertz CT molecular complexity index is 1010. The molecule has 0 radical (unpaired) electrons. The summed E-state index contributed by atoms with van der Waals surface area (Å²) < 4.78 is 0. The van der Waals surface area contributed by atoms with E-state index in [1.165, 1.54) is 5.56 Å². The number of carbonyl (C=O) groups is 1. The number of aryl methyl sites for hydroxylation is 1. The Kier molecular flexibility index (Phi) is 5.53. The molecule has 6 nitrogen and oxygen atoms in total. The van der Waals surface area contributed by atoms with Crippen molar-refractivity contribution >= 4 is 17.4 Å². The molecule has 0 aliphatic carbocycles. The van der Waals surface area contributed by atoms with Crippen LogP contribution >= 0.6 is 0 Å². The average molecular weight is 387 g/mol. The molecule has 29 heavy (non-hydrogen) atoms. The number of carbonyl (C=O) groups excluding carboxylic acids is 1. The van der Waals surface area contributed by atoms with Crippen LogP contribution < -0.4 is 16.0 Å². The van der Waals surface area contributed by atoms with Crippen LogP contribution in [0.4, 0.5) is 11.6 Å². The summed E-state index contributed by atoms with van der Waals surface area (Å²) in [4.78, 5) is 24.3. The zero-order chi connectivity index (χ0) is 20.2. The number of pyridine rings is 2. The number of nitrogen functional groups attached to an aromatic ring is 1. The number of nitrogens with two attached hydrogens (primary N) is 1. The molecule has 1 fully saturated rings. The van der Waals surface area contributed by atoms with Crippen molar-refractivity contribution in [1.82, 2.24) is 15.3 Å². The summed E-state index contributed by atoms with van der Waals surface area (Å²) >= 11 is 0. The topological polar surface area (TPSA) is 84.1 Å². The third kappa shape index (κ3) is 4.27. The molecule has 0 saturated carbocycles. The fourth-order valence-corrected chi connectivity index (χ4v) is 3.50. The van der Waals surface area contributed by atoms with Gasteiger partial charge in [0.25, 0.3) is 0 Å². The van der Waals surface area contributed by atoms with Crippen molar-refractivity contribution in [2.24, 2.45) is 0 Å². The maximum atomic E-state index is 13.2. The summed E-state index contributed by atoms with van der Waals surface area (Å²) in [7, 11) is 0. The van der Waals surface area contributed by atoms with Gasteiger partial charge >= 0.3 is 0 Å². The molecule has 0 amide bonds. The Labute approximate surface area is 170 Å². The predicted octanol–water partition coefficient (Wildman–Crippen LogP) is 3.06. The van der Waals surface area contributed by atoms with Crippen molar-refractivity contribution in [2.45, 2.75) is 13.3 Å². The third-order valence-electron chi connectivity index (χ3n) is 5.18. The SMILES string of the molecule is Cc1ccc(-c2cnc(N)c(C(=O)c3cccc(N4CCCNCC4)n3)c2)cc1. The summed E-state index contributed by atoms with van der Waals surface area (Å²) in [5, 5.41) is 3.38. The minimum atomic E-state index is -0.209. The third-order valence-corrected chi connectivity index (χ3v) is 5.18. The molecule has 3 N–H and O–H groups in total. The number of anilines is 2. The van der Waals surface area contributed by atoms with Crippen molar-refractivity contribution in [3.8, 4) is 11.1 Å². The van der Waals surface area contributed by atoms with E-state index in [9.17, 15) is 4.79 Å². The van der Waals surface area contributed by atoms with Gasteiger partial charge in [-0.15, -0.1) is 0 Å². The molecule has 0 unspecified atom stereocenters. The monoisotopic (exact) mass is 387 g/mol. The molecule has 0 spiro atoms. The second-order valence-corrected chi connectivity index (χ2v) is 7.32. The van der Waals surface area contributed by atoms with Gasteiger partial charge in [0.1, 0.15) is 17.3 Å². The first kappa shape index (κ1) is 19.1. The number of nitrogens with one attached hydrogen (secondary N) is 1. The van der Waals surface area contributed by atoms with Gasteiger partial charge in [-0.1, -0.05) is 35.9 Å². The van der Waals surface area contributed by atoms with E-state index in [1.54, 1.807) is 18.3 Å². The Hall–Kier alpha value is -3.25. The molecule has 4 rings (SSSR count). The van der Waals surface area contributed by atoms with Gasteiger partial charge in [0, 0.05) is 31.4 Å². The van der Waals surface area contributed by atoms with E-state index in [2.05, 4.69) is 20.2 Å². The highest BCUT2D eigenvalue weighted by molar-refractivity contribution is 6.11. The average Bonchev–Trinajstić information content (AvgIpc) is 3.04. The molecule has 1 aromatic carbocycles. The largest absolute Gasteiger partial charge is 0.383 e. The highest BCUT2D eigenvalue weighted by Gasteiger charge is 2.18. The maximum Gasteiger partial charge on any atom is 0.215 e. The van der Waals surface area contributed by atoms with Crippen molar-refractivity contribution in [3.63, 3.8) is 0 Å². The van der Waals surface area contributed by atoms with Crippen LogP contribution in [0.1, 0.15) is 28.0 Å². The van der Waals surface area contributed by atoms with Gasteiger partial charge in [0.15, 0.2) is 0 Å². The number of rotatable bonds is 4. The Balaban J connectivity index is 1.65. The van der Waals surface area contributed by atoms with Crippen molar-refractivity contribution in [1.29, 1.82) is 0 Å². The lowest BCUT2D eigenvalue weighted by molar-refractivity contribution is 0.103. The van der Waals surface area contributed by atoms with E-state index in [-0.39, 0.29) is 11.6 Å². The molecule has 6 heteroatoms. The number of nitrogens with zero attached hydrogens (tertiary/aromatic N) is 3. The zero-order valence-corrected chi connectivity index (χ0v) is 16.6. The Morgan fingerprint density at radius 3 is 2.72 bits per heavy atom. The number of benzene rings is 1. The van der Waals surface area contributed by atoms with Crippen LogP contribution in [-0.4, -0.2) is 41.9 Å². The molecule has 0 bridgehead atoms. The normalized spacial score (nSPS) is 14.4. The fourth-order valence-electron chi connectivity index (χ4n) is 3.50. The summed E-state index contributed by atoms with van der Waals surface area (Å²) in [5.74, 6) is 0.830. The highest BCUT2D eigenvalue weighted by atomic mass is 16.1. The van der Waals surface area contributed by atoms with E-state index in [1.807, 2.05) is 43.3 Å². The minimum Gasteiger partial charge on any atom is -0.383 e. The molecule has 3 aromatic rings. The highest BCUT2D eigenvalue weighted by Crippen LogP contribution is 2.24. The summed E-state index contributed by atoms with van der Waals surface area (Å²) in [6.07, 6.45) is 2.75. The lowest BCUT2D eigenvalue weighted by Gasteiger charge is -2.21. The number of aromatic nitrogens is 2. The van der Waals surface area contributed by atoms with Crippen LogP contribution in [0.15, 0.2) is 54.7 Å². The standard InChI is InChI=1S/C23H25N5O/c1-16-6-8-17(9-7-16)18-14-19(23(24)26-15-18)22(29)20-4-2-5-21(27-20)28-12-3-10-25-11-13-28/h2,4-9,14-15,25H,3,10-13H2,1H3,(H2,24,26). The first-order valence-corrected chi connectivity index (χ1v) is 9.92. The number of ketones is 1. The molecular formula is C23H25N5O. The van der Waals surface area contributed by atoms with Gasteiger partial charge in [0.2, 0.25) is 5.78 Å². The molecule has 0 atom stereocenters. The minimum absolute atomic E-state index is 0.209. The Morgan fingerprint density at radius 2 is 1.90 bits per heavy atom. The van der Waals surface area contributed by atoms with Gasteiger partial charge in [-0.05, 0) is 43.7 Å². The number of hydrogen-bond acceptors (Lipinski definition) is 6. The van der Waals surface area contributed by atoms with Crippen LogP contribution in [0.25, 0.3) is 11.1 Å². The molecule has 1 aliphatic rings. The zero-order valence-electron chi connectivity index (χ0n) is 16.6. The summed E-state index contributed by atoms with van der Waals surface area (Å²) in [5.41, 5.74) is 9.85. The smallest absolute Gasteiger partial charge is 0.215 e. The van der Waals surface area contributed by atoms with E-state index >= 15 is 0 Å². The van der Waals surface area contributed by atoms with Crippen molar-refractivity contribution in [3.05, 3.63) is 71.5 Å². The van der Waals surface area contributed by atoms with E-state index in [0.717, 1.165) is 49.5 Å². The molecule has 3 heterocycles. The quantitative estimate of drug-likeness (QED) is 0.670. The first-order valence-electron chi connectivity index (χ1n) is 9.92. The van der Waals surface area contributed by atoms with Gasteiger partial charge in [-0.25, -0.2) is 9.97 Å². The fraction of sp³-hybridized carbons (Fsp3) is 0.261. The van der Waals surface area contributed by atoms with Crippen LogP contribution in [0.2, 0.25) is 0 Å². The Morgan fingerprint density at radius 1 is 1.07 bits per heavy atom. The van der Waals surface area contributed by atoms with Crippen molar-refractivity contribution < 1.29 is 4.79 Å². The summed E-state index contributed by atoms with van der Waals surface area (Å²) in [6, 6.07) is 15.5. The van der Waals surface area contributed by atoms with Gasteiger partial charge in [0.05, 0.1) is 5.56 Å². The summed E-state index contributed by atoms with van der Waals surface area (Å²) in [6.45, 7) is 5.75. The lowest BCUT2D eigenvalue weighted by atomic mass is 10.0. The van der Waals surface area contributed by atoms with Crippen LogP contribution in [0, 0.1) is 6.92 Å². The van der Waals surface area contributed by atoms with E-state index < -0.39 is 0 Å². The van der Waals surface area contributed by atoms with Gasteiger partial charge in [-0.2, -0.15) is 0 Å². The van der Waals surface area contributed by atoms with Gasteiger partial charge in [-0.3, -0.25) is 4.79 Å². The van der Waals surface area contributed by atoms with Crippen LogP contribution in [0.5, 0.6) is 0 Å². The second-order valence-electron chi connectivity index (χ2n) is 7.32. The van der Waals surface area contributed by atoms with Crippen molar-refractivity contribution in [2.75, 3.05) is 36.8 Å². The molecular weight excluding hydrogens is 362 g/mol. The van der Waals surface area contributed by atoms with Crippen LogP contribution in [-0.2, 0) is 0 Å². The van der Waals surface area contributed by atoms with Gasteiger partial charge < -0.3 is 16.0 Å². The molecule has 1 aliphatic heterocycles. The molecule has 1 saturated heterocycles. The second kappa shape index (κ2) is 8.41. The molecule has 2 aromatic heterocycles. The van der Waals surface area contributed by atoms with E-state index in [4.69, 9.17) is 5.73 Å². The lowest BCUT2D eigenvalue weighted by Crippen LogP contribution is -2.29. The first-order chi connectivity index (χ1) is 14.1. The number of hydrogen-bond donors (Lipinski definition) is 2.